The van der Waals surface area contributed by atoms with Gasteiger partial charge in [0.05, 0.1) is 5.54 Å². The summed E-state index contributed by atoms with van der Waals surface area (Å²) in [6.45, 7) is 11.0. The van der Waals surface area contributed by atoms with Gasteiger partial charge in [-0.3, -0.25) is 4.79 Å². The molecular formula is C13H28N2O2. The molecule has 17 heavy (non-hydrogen) atoms. The van der Waals surface area contributed by atoms with Gasteiger partial charge in [-0.25, -0.2) is 0 Å². The van der Waals surface area contributed by atoms with Crippen LogP contribution >= 0.6 is 0 Å². The number of hydrogen-bond acceptors (Lipinski definition) is 3. The van der Waals surface area contributed by atoms with Crippen LogP contribution in [-0.2, 0) is 9.53 Å². The van der Waals surface area contributed by atoms with Crippen molar-refractivity contribution in [1.82, 2.24) is 5.32 Å². The summed E-state index contributed by atoms with van der Waals surface area (Å²) < 4.78 is 5.46. The second-order valence-electron chi connectivity index (χ2n) is 5.13. The predicted octanol–water partition coefficient (Wildman–Crippen LogP) is 1.68. The predicted molar refractivity (Wildman–Crippen MR) is 70.8 cm³/mol. The molecule has 0 bridgehead atoms. The molecule has 0 aromatic carbocycles. The van der Waals surface area contributed by atoms with Gasteiger partial charge in [0.25, 0.3) is 0 Å². The molecule has 2 atom stereocenters. The Hall–Kier alpha value is -0.610. The molecule has 0 aliphatic carbocycles. The molecule has 0 saturated heterocycles. The van der Waals surface area contributed by atoms with Crippen molar-refractivity contribution < 1.29 is 9.53 Å². The molecule has 0 spiro atoms. The number of nitrogens with one attached hydrogen (secondary N) is 1. The van der Waals surface area contributed by atoms with Crippen molar-refractivity contribution in [2.45, 2.75) is 59.1 Å². The van der Waals surface area contributed by atoms with Crippen molar-refractivity contribution >= 4 is 5.91 Å². The van der Waals surface area contributed by atoms with Crippen LogP contribution in [0.1, 0.15) is 47.5 Å². The number of ether oxygens (including phenoxy) is 1. The van der Waals surface area contributed by atoms with Crippen LogP contribution in [0.25, 0.3) is 0 Å². The summed E-state index contributed by atoms with van der Waals surface area (Å²) in [6, 6.07) is 0. The van der Waals surface area contributed by atoms with Gasteiger partial charge in [0.2, 0.25) is 5.91 Å². The molecule has 0 aliphatic rings. The van der Waals surface area contributed by atoms with Gasteiger partial charge in [-0.2, -0.15) is 0 Å². The van der Waals surface area contributed by atoms with Gasteiger partial charge in [0, 0.05) is 13.2 Å². The average Bonchev–Trinajstić information content (AvgIpc) is 2.28. The first-order valence-corrected chi connectivity index (χ1v) is 6.51. The van der Waals surface area contributed by atoms with E-state index >= 15 is 0 Å². The minimum Gasteiger partial charge on any atom is -0.369 e. The summed E-state index contributed by atoms with van der Waals surface area (Å²) in [5.41, 5.74) is 5.36. The smallest absolute Gasteiger partial charge is 0.249 e. The lowest BCUT2D eigenvalue weighted by molar-refractivity contribution is -0.134. The van der Waals surface area contributed by atoms with Crippen molar-refractivity contribution in [2.75, 3.05) is 13.2 Å². The normalized spacial score (nSPS) is 16.6. The van der Waals surface area contributed by atoms with E-state index < -0.39 is 6.10 Å². The second-order valence-corrected chi connectivity index (χ2v) is 5.13. The Bertz CT molecular complexity index is 231. The van der Waals surface area contributed by atoms with Crippen molar-refractivity contribution in [3.8, 4) is 0 Å². The number of hydrogen-bond donors (Lipinski definition) is 2. The lowest BCUT2D eigenvalue weighted by Gasteiger charge is -2.34. The number of unbranched alkanes of at least 4 members (excludes halogenated alkanes) is 1. The van der Waals surface area contributed by atoms with Crippen molar-refractivity contribution in [3.05, 3.63) is 0 Å². The van der Waals surface area contributed by atoms with Crippen molar-refractivity contribution in [2.24, 2.45) is 11.7 Å². The largest absolute Gasteiger partial charge is 0.369 e. The number of amides is 1. The van der Waals surface area contributed by atoms with Crippen LogP contribution in [0.5, 0.6) is 0 Å². The third-order valence-electron chi connectivity index (χ3n) is 3.34. The summed E-state index contributed by atoms with van der Waals surface area (Å²) in [5.74, 6) is 0.210. The highest BCUT2D eigenvalue weighted by Gasteiger charge is 2.30. The fourth-order valence-electron chi connectivity index (χ4n) is 1.29. The Balaban J connectivity index is 4.22. The average molecular weight is 244 g/mol. The van der Waals surface area contributed by atoms with Crippen LogP contribution in [0, 0.1) is 5.92 Å². The van der Waals surface area contributed by atoms with E-state index in [2.05, 4.69) is 26.1 Å². The standard InChI is InChI=1S/C13H28N2O2/c1-6-7-8-17-11(4)12(16)15-13(5,9-14)10(2)3/h10-11H,6-9,14H2,1-5H3,(H,15,16). The third-order valence-corrected chi connectivity index (χ3v) is 3.34. The summed E-state index contributed by atoms with van der Waals surface area (Å²) in [4.78, 5) is 11.9. The van der Waals surface area contributed by atoms with E-state index in [4.69, 9.17) is 10.5 Å². The molecule has 4 heteroatoms. The molecule has 0 heterocycles. The first-order chi connectivity index (χ1) is 7.87. The monoisotopic (exact) mass is 244 g/mol. The SMILES string of the molecule is CCCCOC(C)C(=O)NC(C)(CN)C(C)C. The van der Waals surface area contributed by atoms with E-state index in [9.17, 15) is 4.79 Å². The first kappa shape index (κ1) is 16.4. The number of carbonyl (C=O) groups excluding carboxylic acids is 1. The van der Waals surface area contributed by atoms with E-state index in [1.807, 2.05) is 6.92 Å². The maximum Gasteiger partial charge on any atom is 0.249 e. The molecule has 2 unspecified atom stereocenters. The Morgan fingerprint density at radius 3 is 2.41 bits per heavy atom. The van der Waals surface area contributed by atoms with E-state index in [0.717, 1.165) is 12.8 Å². The lowest BCUT2D eigenvalue weighted by Crippen LogP contribution is -2.57. The molecule has 0 radical (unpaired) electrons. The summed E-state index contributed by atoms with van der Waals surface area (Å²) in [6.07, 6.45) is 1.64. The molecular weight excluding hydrogens is 216 g/mol. The van der Waals surface area contributed by atoms with Crippen LogP contribution in [0.4, 0.5) is 0 Å². The van der Waals surface area contributed by atoms with Crippen LogP contribution in [-0.4, -0.2) is 30.7 Å². The maximum atomic E-state index is 11.9. The minimum atomic E-state index is -0.411. The zero-order chi connectivity index (χ0) is 13.5. The zero-order valence-electron chi connectivity index (χ0n) is 11.9. The van der Waals surface area contributed by atoms with Gasteiger partial charge in [0.15, 0.2) is 0 Å². The molecule has 0 rings (SSSR count). The molecule has 1 amide bonds. The number of nitrogens with two attached hydrogens (primary N) is 1. The Morgan fingerprint density at radius 2 is 2.00 bits per heavy atom. The van der Waals surface area contributed by atoms with Crippen LogP contribution in [0.15, 0.2) is 0 Å². The zero-order valence-corrected chi connectivity index (χ0v) is 11.9. The molecule has 4 nitrogen and oxygen atoms in total. The molecule has 0 saturated carbocycles. The summed E-state index contributed by atoms with van der Waals surface area (Å²) in [5, 5.41) is 2.98. The van der Waals surface area contributed by atoms with Gasteiger partial charge < -0.3 is 15.8 Å². The highest BCUT2D eigenvalue weighted by molar-refractivity contribution is 5.81. The fraction of sp³-hybridized carbons (Fsp3) is 0.923. The van der Waals surface area contributed by atoms with Crippen molar-refractivity contribution in [1.29, 1.82) is 0 Å². The highest BCUT2D eigenvalue weighted by atomic mass is 16.5. The Labute approximate surface area is 105 Å². The van der Waals surface area contributed by atoms with E-state index in [-0.39, 0.29) is 11.4 Å². The van der Waals surface area contributed by atoms with Gasteiger partial charge >= 0.3 is 0 Å². The van der Waals surface area contributed by atoms with Gasteiger partial charge in [-0.15, -0.1) is 0 Å². The maximum absolute atomic E-state index is 11.9. The highest BCUT2D eigenvalue weighted by Crippen LogP contribution is 2.15. The first-order valence-electron chi connectivity index (χ1n) is 6.51. The van der Waals surface area contributed by atoms with Crippen molar-refractivity contribution in [3.63, 3.8) is 0 Å². The molecule has 0 aromatic rings. The third kappa shape index (κ3) is 5.50. The van der Waals surface area contributed by atoms with Gasteiger partial charge in [0.1, 0.15) is 6.10 Å². The van der Waals surface area contributed by atoms with E-state index in [1.54, 1.807) is 6.92 Å². The van der Waals surface area contributed by atoms with E-state index in [0.29, 0.717) is 19.1 Å². The fourth-order valence-corrected chi connectivity index (χ4v) is 1.29. The quantitative estimate of drug-likeness (QED) is 0.639. The van der Waals surface area contributed by atoms with Crippen LogP contribution in [0.2, 0.25) is 0 Å². The van der Waals surface area contributed by atoms with Crippen LogP contribution in [0.3, 0.4) is 0 Å². The molecule has 0 aliphatic heterocycles. The van der Waals surface area contributed by atoms with E-state index in [1.165, 1.54) is 0 Å². The molecule has 0 fully saturated rings. The number of carbonyl (C=O) groups is 1. The minimum absolute atomic E-state index is 0.0808. The molecule has 0 aromatic heterocycles. The topological polar surface area (TPSA) is 64.3 Å². The van der Waals surface area contributed by atoms with Crippen LogP contribution < -0.4 is 11.1 Å². The number of rotatable bonds is 8. The van der Waals surface area contributed by atoms with Gasteiger partial charge in [-0.05, 0) is 26.2 Å². The second kappa shape index (κ2) is 7.67. The summed E-state index contributed by atoms with van der Waals surface area (Å²) in [7, 11) is 0. The van der Waals surface area contributed by atoms with Gasteiger partial charge in [-0.1, -0.05) is 27.2 Å². The lowest BCUT2D eigenvalue weighted by atomic mass is 9.88. The molecule has 102 valence electrons. The molecule has 3 N–H and O–H groups in total. The Kier molecular flexibility index (Phi) is 7.39. The Morgan fingerprint density at radius 1 is 1.41 bits per heavy atom. The summed E-state index contributed by atoms with van der Waals surface area (Å²) >= 11 is 0.